The molecule has 0 saturated heterocycles. The van der Waals surface area contributed by atoms with Crippen LogP contribution in [0.4, 0.5) is 5.82 Å². The summed E-state index contributed by atoms with van der Waals surface area (Å²) in [6.45, 7) is 0.312. The number of Topliss-reactive ketones (excluding diaryl/α,β-unsaturated/α-hetero) is 1. The first kappa shape index (κ1) is 9.64. The van der Waals surface area contributed by atoms with Gasteiger partial charge >= 0.3 is 5.97 Å². The number of aromatic nitrogens is 1. The molecule has 0 spiro atoms. The molecule has 0 unspecified atom stereocenters. The van der Waals surface area contributed by atoms with Gasteiger partial charge in [0.2, 0.25) is 0 Å². The Balaban J connectivity index is 2.36. The second-order valence-corrected chi connectivity index (χ2v) is 3.36. The summed E-state index contributed by atoms with van der Waals surface area (Å²) in [5.41, 5.74) is 0.519. The van der Waals surface area contributed by atoms with Gasteiger partial charge in [-0.25, -0.2) is 4.98 Å². The summed E-state index contributed by atoms with van der Waals surface area (Å²) in [5.74, 6) is -0.406. The molecule has 1 aromatic rings. The molecule has 0 radical (unpaired) electrons. The van der Waals surface area contributed by atoms with Crippen molar-refractivity contribution in [3.63, 3.8) is 0 Å². The van der Waals surface area contributed by atoms with Crippen molar-refractivity contribution >= 4 is 17.6 Å². The molecule has 1 N–H and O–H groups in total. The van der Waals surface area contributed by atoms with Gasteiger partial charge in [-0.1, -0.05) is 0 Å². The average Bonchev–Trinajstić information content (AvgIpc) is 2.22. The van der Waals surface area contributed by atoms with Crippen LogP contribution in [-0.2, 0) is 4.79 Å². The van der Waals surface area contributed by atoms with Gasteiger partial charge < -0.3 is 10.0 Å². The molecule has 1 aliphatic heterocycles. The standard InChI is InChI=1S/C10H10N2O3/c13-8-3-5-12(6-9(14)15)10-7(8)2-1-4-11-10/h1-2,4H,3,5-6H2,(H,14,15). The molecular weight excluding hydrogens is 196 g/mol. The normalized spacial score (nSPS) is 14.9. The number of carboxylic acid groups (broad SMARTS) is 1. The number of carbonyl (C=O) groups excluding carboxylic acids is 1. The molecule has 0 amide bonds. The zero-order valence-electron chi connectivity index (χ0n) is 8.01. The largest absolute Gasteiger partial charge is 0.480 e. The molecule has 0 aliphatic carbocycles. The summed E-state index contributed by atoms with van der Waals surface area (Å²) in [5, 5.41) is 8.70. The van der Waals surface area contributed by atoms with E-state index < -0.39 is 5.97 Å². The lowest BCUT2D eigenvalue weighted by atomic mass is 10.0. The van der Waals surface area contributed by atoms with Crippen LogP contribution in [0.1, 0.15) is 16.8 Å². The number of anilines is 1. The molecule has 1 aromatic heterocycles. The minimum absolute atomic E-state index is 0.0275. The van der Waals surface area contributed by atoms with Crippen molar-refractivity contribution in [3.8, 4) is 0 Å². The Hall–Kier alpha value is -1.91. The summed E-state index contributed by atoms with van der Waals surface area (Å²) in [6, 6.07) is 3.36. The molecule has 5 nitrogen and oxygen atoms in total. The van der Waals surface area contributed by atoms with E-state index in [1.165, 1.54) is 0 Å². The van der Waals surface area contributed by atoms with E-state index in [1.54, 1.807) is 23.2 Å². The maximum Gasteiger partial charge on any atom is 0.323 e. The molecule has 0 atom stereocenters. The van der Waals surface area contributed by atoms with Crippen LogP contribution in [0.3, 0.4) is 0 Å². The van der Waals surface area contributed by atoms with E-state index in [0.717, 1.165) is 0 Å². The predicted molar refractivity (Wildman–Crippen MR) is 53.0 cm³/mol. The van der Waals surface area contributed by atoms with Gasteiger partial charge in [0.1, 0.15) is 12.4 Å². The van der Waals surface area contributed by atoms with Crippen LogP contribution < -0.4 is 4.90 Å². The summed E-state index contributed by atoms with van der Waals surface area (Å²) in [6.07, 6.45) is 1.91. The SMILES string of the molecule is O=C(O)CN1CCC(=O)c2cccnc21. The van der Waals surface area contributed by atoms with Crippen molar-refractivity contribution in [1.29, 1.82) is 0 Å². The van der Waals surface area contributed by atoms with Gasteiger partial charge in [-0.2, -0.15) is 0 Å². The van der Waals surface area contributed by atoms with Crippen molar-refractivity contribution in [2.24, 2.45) is 0 Å². The van der Waals surface area contributed by atoms with E-state index >= 15 is 0 Å². The van der Waals surface area contributed by atoms with Crippen LogP contribution in [0.2, 0.25) is 0 Å². The fraction of sp³-hybridized carbons (Fsp3) is 0.300. The maximum absolute atomic E-state index is 11.5. The summed E-state index contributed by atoms with van der Waals surface area (Å²) >= 11 is 0. The molecule has 0 saturated carbocycles. The van der Waals surface area contributed by atoms with E-state index in [-0.39, 0.29) is 12.3 Å². The highest BCUT2D eigenvalue weighted by atomic mass is 16.4. The van der Waals surface area contributed by atoms with Crippen molar-refractivity contribution in [2.75, 3.05) is 18.0 Å². The van der Waals surface area contributed by atoms with Crippen molar-refractivity contribution in [3.05, 3.63) is 23.9 Å². The molecule has 15 heavy (non-hydrogen) atoms. The fourth-order valence-electron chi connectivity index (χ4n) is 1.66. The van der Waals surface area contributed by atoms with Gasteiger partial charge in [0.15, 0.2) is 5.78 Å². The lowest BCUT2D eigenvalue weighted by Crippen LogP contribution is -2.36. The molecule has 5 heteroatoms. The second-order valence-electron chi connectivity index (χ2n) is 3.36. The zero-order valence-corrected chi connectivity index (χ0v) is 8.01. The molecule has 1 aliphatic rings. The third-order valence-corrected chi connectivity index (χ3v) is 2.32. The van der Waals surface area contributed by atoms with E-state index in [4.69, 9.17) is 5.11 Å². The lowest BCUT2D eigenvalue weighted by Gasteiger charge is -2.27. The number of rotatable bonds is 2. The maximum atomic E-state index is 11.5. The van der Waals surface area contributed by atoms with Gasteiger partial charge in [-0.05, 0) is 12.1 Å². The van der Waals surface area contributed by atoms with Crippen LogP contribution in [0.25, 0.3) is 0 Å². The minimum atomic E-state index is -0.916. The number of aliphatic carboxylic acids is 1. The van der Waals surface area contributed by atoms with Crippen LogP contribution in [0.15, 0.2) is 18.3 Å². The highest BCUT2D eigenvalue weighted by molar-refractivity contribution is 6.02. The summed E-state index contributed by atoms with van der Waals surface area (Å²) in [7, 11) is 0. The Kier molecular flexibility index (Phi) is 2.37. The van der Waals surface area contributed by atoms with Crippen LogP contribution in [0.5, 0.6) is 0 Å². The van der Waals surface area contributed by atoms with Crippen molar-refractivity contribution in [1.82, 2.24) is 4.98 Å². The number of nitrogens with zero attached hydrogens (tertiary/aromatic N) is 2. The topological polar surface area (TPSA) is 70.5 Å². The minimum Gasteiger partial charge on any atom is -0.480 e. The van der Waals surface area contributed by atoms with Crippen LogP contribution in [-0.4, -0.2) is 34.9 Å². The number of hydrogen-bond donors (Lipinski definition) is 1. The Bertz CT molecular complexity index is 417. The molecule has 78 valence electrons. The molecule has 0 bridgehead atoms. The van der Waals surface area contributed by atoms with E-state index in [0.29, 0.717) is 24.3 Å². The van der Waals surface area contributed by atoms with E-state index in [1.807, 2.05) is 0 Å². The number of pyridine rings is 1. The highest BCUT2D eigenvalue weighted by Crippen LogP contribution is 2.23. The van der Waals surface area contributed by atoms with Gasteiger partial charge in [-0.3, -0.25) is 9.59 Å². The first-order chi connectivity index (χ1) is 7.18. The number of fused-ring (bicyclic) bond motifs is 1. The van der Waals surface area contributed by atoms with Gasteiger partial charge in [0.25, 0.3) is 0 Å². The lowest BCUT2D eigenvalue weighted by molar-refractivity contribution is -0.135. The van der Waals surface area contributed by atoms with Crippen LogP contribution >= 0.6 is 0 Å². The van der Waals surface area contributed by atoms with Gasteiger partial charge in [0.05, 0.1) is 5.56 Å². The molecule has 0 fully saturated rings. The zero-order chi connectivity index (χ0) is 10.8. The summed E-state index contributed by atoms with van der Waals surface area (Å²) < 4.78 is 0. The Labute approximate surface area is 86.3 Å². The third-order valence-electron chi connectivity index (χ3n) is 2.32. The number of hydrogen-bond acceptors (Lipinski definition) is 4. The fourth-order valence-corrected chi connectivity index (χ4v) is 1.66. The Morgan fingerprint density at radius 3 is 3.13 bits per heavy atom. The Morgan fingerprint density at radius 2 is 2.40 bits per heavy atom. The van der Waals surface area contributed by atoms with Crippen molar-refractivity contribution in [2.45, 2.75) is 6.42 Å². The molecule has 2 heterocycles. The van der Waals surface area contributed by atoms with Crippen LogP contribution in [0, 0.1) is 0 Å². The predicted octanol–water partition coefficient (Wildman–Crippen LogP) is 0.559. The quantitative estimate of drug-likeness (QED) is 0.765. The monoisotopic (exact) mass is 206 g/mol. The molecule has 0 aromatic carbocycles. The average molecular weight is 206 g/mol. The van der Waals surface area contributed by atoms with E-state index in [9.17, 15) is 9.59 Å². The van der Waals surface area contributed by atoms with Crippen molar-refractivity contribution < 1.29 is 14.7 Å². The summed E-state index contributed by atoms with van der Waals surface area (Å²) in [4.78, 5) is 27.8. The number of carbonyl (C=O) groups is 2. The first-order valence-electron chi connectivity index (χ1n) is 4.63. The Morgan fingerprint density at radius 1 is 1.60 bits per heavy atom. The van der Waals surface area contributed by atoms with Gasteiger partial charge in [0, 0.05) is 19.2 Å². The second kappa shape index (κ2) is 3.68. The van der Waals surface area contributed by atoms with E-state index in [2.05, 4.69) is 4.98 Å². The third kappa shape index (κ3) is 1.81. The smallest absolute Gasteiger partial charge is 0.323 e. The molecule has 2 rings (SSSR count). The number of ketones is 1. The number of carboxylic acids is 1. The van der Waals surface area contributed by atoms with Gasteiger partial charge in [-0.15, -0.1) is 0 Å². The first-order valence-corrected chi connectivity index (χ1v) is 4.63. The highest BCUT2D eigenvalue weighted by Gasteiger charge is 2.24. The molecular formula is C10H10N2O3.